The molecule has 0 radical (unpaired) electrons. The number of para-hydroxylation sites is 1. The van der Waals surface area contributed by atoms with Gasteiger partial charge in [-0.3, -0.25) is 0 Å². The van der Waals surface area contributed by atoms with Crippen molar-refractivity contribution < 1.29 is 0 Å². The van der Waals surface area contributed by atoms with Crippen molar-refractivity contribution in [1.29, 1.82) is 0 Å². The molecule has 1 heterocycles. The Morgan fingerprint density at radius 1 is 1.29 bits per heavy atom. The van der Waals surface area contributed by atoms with Crippen molar-refractivity contribution in [1.82, 2.24) is 4.90 Å². The minimum Gasteiger partial charge on any atom is -0.383 e. The maximum Gasteiger partial charge on any atom is 0.0485 e. The van der Waals surface area contributed by atoms with Crippen LogP contribution in [0.25, 0.3) is 0 Å². The number of hydrogen-bond acceptors (Lipinski definition) is 2. The Kier molecular flexibility index (Phi) is 4.86. The average molecular weight is 297 g/mol. The molecule has 0 bridgehead atoms. The molecule has 0 aliphatic carbocycles. The largest absolute Gasteiger partial charge is 0.383 e. The van der Waals surface area contributed by atoms with Crippen LogP contribution >= 0.6 is 15.9 Å². The summed E-state index contributed by atoms with van der Waals surface area (Å²) in [4.78, 5) is 2.56. The summed E-state index contributed by atoms with van der Waals surface area (Å²) >= 11 is 3.55. The van der Waals surface area contributed by atoms with Crippen molar-refractivity contribution in [2.24, 2.45) is 5.92 Å². The molecule has 1 N–H and O–H groups in total. The molecular weight excluding hydrogens is 276 g/mol. The summed E-state index contributed by atoms with van der Waals surface area (Å²) < 4.78 is 1.15. The Bertz CT molecular complexity index is 346. The third-order valence-corrected chi connectivity index (χ3v) is 4.19. The fraction of sp³-hybridized carbons (Fsp3) is 0.571. The van der Waals surface area contributed by atoms with E-state index in [1.165, 1.54) is 31.6 Å². The molecule has 0 atom stereocenters. The predicted molar refractivity (Wildman–Crippen MR) is 77.5 cm³/mol. The number of anilines is 1. The van der Waals surface area contributed by atoms with Crippen LogP contribution in [-0.4, -0.2) is 31.1 Å². The Balaban J connectivity index is 1.71. The third-order valence-electron chi connectivity index (χ3n) is 3.49. The predicted octanol–water partition coefficient (Wildman–Crippen LogP) is 3.59. The second-order valence-electron chi connectivity index (χ2n) is 4.93. The first-order valence-electron chi connectivity index (χ1n) is 6.46. The quantitative estimate of drug-likeness (QED) is 0.913. The lowest BCUT2D eigenvalue weighted by atomic mass is 9.99. The highest BCUT2D eigenvalue weighted by atomic mass is 79.9. The number of rotatable bonds is 4. The van der Waals surface area contributed by atoms with Crippen molar-refractivity contribution in [2.75, 3.05) is 31.5 Å². The van der Waals surface area contributed by atoms with Crippen LogP contribution in [0, 0.1) is 5.92 Å². The van der Waals surface area contributed by atoms with Gasteiger partial charge in [0.1, 0.15) is 0 Å². The molecular formula is C14H21BrN2. The molecule has 94 valence electrons. The summed E-state index contributed by atoms with van der Waals surface area (Å²) in [5.41, 5.74) is 1.19. The summed E-state index contributed by atoms with van der Waals surface area (Å²) in [6, 6.07) is 8.30. The number of nitrogens with zero attached hydrogens (tertiary/aromatic N) is 1. The van der Waals surface area contributed by atoms with Gasteiger partial charge < -0.3 is 10.2 Å². The van der Waals surface area contributed by atoms with Gasteiger partial charge in [0.25, 0.3) is 0 Å². The zero-order valence-electron chi connectivity index (χ0n) is 10.5. The van der Waals surface area contributed by atoms with Crippen LogP contribution in [0.3, 0.4) is 0 Å². The van der Waals surface area contributed by atoms with E-state index in [2.05, 4.69) is 51.3 Å². The number of benzene rings is 1. The van der Waals surface area contributed by atoms with Crippen molar-refractivity contribution >= 4 is 21.6 Å². The highest BCUT2D eigenvalue weighted by Crippen LogP contribution is 2.21. The van der Waals surface area contributed by atoms with Crippen LogP contribution in [0.5, 0.6) is 0 Å². The van der Waals surface area contributed by atoms with Gasteiger partial charge in [0, 0.05) is 23.2 Å². The summed E-state index contributed by atoms with van der Waals surface area (Å²) in [6.45, 7) is 7.05. The molecule has 0 unspecified atom stereocenters. The molecule has 3 heteroatoms. The number of likely N-dealkylation sites (tertiary alicyclic amines) is 1. The van der Waals surface area contributed by atoms with E-state index < -0.39 is 0 Å². The van der Waals surface area contributed by atoms with Crippen LogP contribution in [0.4, 0.5) is 5.69 Å². The van der Waals surface area contributed by atoms with E-state index in [-0.39, 0.29) is 0 Å². The van der Waals surface area contributed by atoms with E-state index in [1.807, 2.05) is 6.07 Å². The number of piperidine rings is 1. The lowest BCUT2D eigenvalue weighted by Crippen LogP contribution is -2.36. The van der Waals surface area contributed by atoms with Crippen molar-refractivity contribution in [3.05, 3.63) is 28.7 Å². The molecule has 0 aromatic heterocycles. The van der Waals surface area contributed by atoms with Crippen LogP contribution < -0.4 is 5.32 Å². The van der Waals surface area contributed by atoms with Crippen molar-refractivity contribution in [3.63, 3.8) is 0 Å². The standard InChI is InChI=1S/C14H21BrN2/c1-12-6-9-17(10-7-12)11-8-16-14-5-3-2-4-13(14)15/h2-5,12,16H,6-11H2,1H3. The molecule has 1 aromatic rings. The smallest absolute Gasteiger partial charge is 0.0485 e. The highest BCUT2D eigenvalue weighted by Gasteiger charge is 2.14. The maximum absolute atomic E-state index is 3.55. The van der Waals surface area contributed by atoms with Gasteiger partial charge in [-0.15, -0.1) is 0 Å². The second kappa shape index (κ2) is 6.41. The Morgan fingerprint density at radius 3 is 2.71 bits per heavy atom. The third kappa shape index (κ3) is 4.00. The minimum atomic E-state index is 0.919. The molecule has 1 aliphatic heterocycles. The first-order chi connectivity index (χ1) is 8.25. The minimum absolute atomic E-state index is 0.919. The SMILES string of the molecule is CC1CCN(CCNc2ccccc2Br)CC1. The Morgan fingerprint density at radius 2 is 2.00 bits per heavy atom. The molecule has 17 heavy (non-hydrogen) atoms. The first kappa shape index (κ1) is 12.9. The van der Waals surface area contributed by atoms with E-state index in [9.17, 15) is 0 Å². The average Bonchev–Trinajstić information content (AvgIpc) is 2.34. The van der Waals surface area contributed by atoms with E-state index in [0.29, 0.717) is 0 Å². The molecule has 1 fully saturated rings. The van der Waals surface area contributed by atoms with E-state index >= 15 is 0 Å². The van der Waals surface area contributed by atoms with Crippen LogP contribution in [0.1, 0.15) is 19.8 Å². The molecule has 1 aromatic carbocycles. The van der Waals surface area contributed by atoms with E-state index in [0.717, 1.165) is 23.5 Å². The normalized spacial score (nSPS) is 18.2. The van der Waals surface area contributed by atoms with Crippen LogP contribution in [-0.2, 0) is 0 Å². The Hall–Kier alpha value is -0.540. The lowest BCUT2D eigenvalue weighted by molar-refractivity contribution is 0.199. The van der Waals surface area contributed by atoms with E-state index in [4.69, 9.17) is 0 Å². The molecule has 0 amide bonds. The summed E-state index contributed by atoms with van der Waals surface area (Å²) in [7, 11) is 0. The molecule has 2 rings (SSSR count). The molecule has 1 saturated heterocycles. The summed E-state index contributed by atoms with van der Waals surface area (Å²) in [5, 5.41) is 3.48. The molecule has 0 spiro atoms. The molecule has 2 nitrogen and oxygen atoms in total. The van der Waals surface area contributed by atoms with E-state index in [1.54, 1.807) is 0 Å². The van der Waals surface area contributed by atoms with Gasteiger partial charge in [0.05, 0.1) is 0 Å². The lowest BCUT2D eigenvalue weighted by Gasteiger charge is -2.30. The zero-order valence-corrected chi connectivity index (χ0v) is 12.0. The van der Waals surface area contributed by atoms with Gasteiger partial charge in [-0.25, -0.2) is 0 Å². The van der Waals surface area contributed by atoms with Gasteiger partial charge in [-0.1, -0.05) is 19.1 Å². The summed E-state index contributed by atoms with van der Waals surface area (Å²) in [6.07, 6.45) is 2.71. The summed E-state index contributed by atoms with van der Waals surface area (Å²) in [5.74, 6) is 0.919. The zero-order chi connectivity index (χ0) is 12.1. The second-order valence-corrected chi connectivity index (χ2v) is 5.79. The van der Waals surface area contributed by atoms with Crippen LogP contribution in [0.15, 0.2) is 28.7 Å². The Labute approximate surface area is 113 Å². The number of nitrogens with one attached hydrogen (secondary N) is 1. The van der Waals surface area contributed by atoms with Crippen molar-refractivity contribution in [3.8, 4) is 0 Å². The topological polar surface area (TPSA) is 15.3 Å². The highest BCUT2D eigenvalue weighted by molar-refractivity contribution is 9.10. The van der Waals surface area contributed by atoms with Gasteiger partial charge in [-0.05, 0) is 59.9 Å². The van der Waals surface area contributed by atoms with Crippen LogP contribution in [0.2, 0.25) is 0 Å². The van der Waals surface area contributed by atoms with Gasteiger partial charge in [0.15, 0.2) is 0 Å². The van der Waals surface area contributed by atoms with Gasteiger partial charge in [0.2, 0.25) is 0 Å². The fourth-order valence-electron chi connectivity index (χ4n) is 2.24. The van der Waals surface area contributed by atoms with Crippen molar-refractivity contribution in [2.45, 2.75) is 19.8 Å². The maximum atomic E-state index is 3.55. The first-order valence-corrected chi connectivity index (χ1v) is 7.26. The van der Waals surface area contributed by atoms with Gasteiger partial charge in [-0.2, -0.15) is 0 Å². The number of halogens is 1. The monoisotopic (exact) mass is 296 g/mol. The van der Waals surface area contributed by atoms with Gasteiger partial charge >= 0.3 is 0 Å². The number of hydrogen-bond donors (Lipinski definition) is 1. The molecule has 1 aliphatic rings. The fourth-order valence-corrected chi connectivity index (χ4v) is 2.66. The molecule has 0 saturated carbocycles.